The molecule has 0 saturated heterocycles. The highest BCUT2D eigenvalue weighted by atomic mass is 32.2. The van der Waals surface area contributed by atoms with Gasteiger partial charge in [0.2, 0.25) is 17.7 Å². The standard InChI is InChI=1S/C25H38N6O5S2/c1-38-11-9-20(25(35)36)30-23(33)19(8-4-5-10-26)29-24(34)21(31-22(32)17(27)14-37)12-15-13-28-18-7-3-2-6-16(15)18/h2-3,6-7,13,17,19-21,28,37H,4-5,8-12,14,26-27H2,1H3,(H,29,34)(H,30,33)(H,31,32)(H,35,36). The van der Waals surface area contributed by atoms with E-state index < -0.39 is 47.9 Å². The first-order valence-corrected chi connectivity index (χ1v) is 14.5. The van der Waals surface area contributed by atoms with Crippen LogP contribution >= 0.6 is 24.4 Å². The SMILES string of the molecule is CSCCC(NC(=O)C(CCCCN)NC(=O)C(Cc1c[nH]c2ccccc12)NC(=O)C(N)CS)C(=O)O. The van der Waals surface area contributed by atoms with Crippen LogP contribution in [-0.4, -0.2) is 82.3 Å². The molecule has 2 aromatic rings. The average Bonchev–Trinajstić information content (AvgIpc) is 3.31. The van der Waals surface area contributed by atoms with Crippen LogP contribution in [0, 0.1) is 0 Å². The summed E-state index contributed by atoms with van der Waals surface area (Å²) in [6.45, 7) is 0.411. The van der Waals surface area contributed by atoms with E-state index in [0.29, 0.717) is 25.1 Å². The van der Waals surface area contributed by atoms with Crippen molar-refractivity contribution in [2.24, 2.45) is 11.5 Å². The quantitative estimate of drug-likeness (QED) is 0.0995. The van der Waals surface area contributed by atoms with Crippen LogP contribution in [0.4, 0.5) is 0 Å². The summed E-state index contributed by atoms with van der Waals surface area (Å²) in [4.78, 5) is 54.0. The first kappa shape index (κ1) is 31.5. The van der Waals surface area contributed by atoms with E-state index in [4.69, 9.17) is 11.5 Å². The summed E-state index contributed by atoms with van der Waals surface area (Å²) in [5, 5.41) is 18.4. The Morgan fingerprint density at radius 3 is 2.32 bits per heavy atom. The van der Waals surface area contributed by atoms with E-state index in [1.54, 1.807) is 6.20 Å². The number of aromatic amines is 1. The van der Waals surface area contributed by atoms with E-state index in [2.05, 4.69) is 33.6 Å². The number of carboxylic acids is 1. The zero-order chi connectivity index (χ0) is 28.1. The number of H-pyrrole nitrogens is 1. The molecule has 9 N–H and O–H groups in total. The third-order valence-corrected chi connectivity index (χ3v) is 7.11. The number of aromatic nitrogens is 1. The molecule has 38 heavy (non-hydrogen) atoms. The van der Waals surface area contributed by atoms with Crippen molar-refractivity contribution in [1.82, 2.24) is 20.9 Å². The Bertz CT molecular complexity index is 1080. The largest absolute Gasteiger partial charge is 0.480 e. The molecular formula is C25H38N6O5S2. The van der Waals surface area contributed by atoms with Crippen molar-refractivity contribution in [1.29, 1.82) is 0 Å². The van der Waals surface area contributed by atoms with Gasteiger partial charge in [-0.3, -0.25) is 14.4 Å². The Balaban J connectivity index is 2.26. The van der Waals surface area contributed by atoms with Crippen LogP contribution < -0.4 is 27.4 Å². The topological polar surface area (TPSA) is 192 Å². The molecular weight excluding hydrogens is 528 g/mol. The van der Waals surface area contributed by atoms with Gasteiger partial charge in [0.15, 0.2) is 0 Å². The van der Waals surface area contributed by atoms with Crippen molar-refractivity contribution in [3.8, 4) is 0 Å². The third kappa shape index (κ3) is 9.53. The van der Waals surface area contributed by atoms with Crippen LogP contribution in [0.3, 0.4) is 0 Å². The molecule has 3 amide bonds. The number of amides is 3. The molecule has 0 saturated carbocycles. The molecule has 13 heteroatoms. The predicted octanol–water partition coefficient (Wildman–Crippen LogP) is 0.389. The van der Waals surface area contributed by atoms with Crippen molar-refractivity contribution >= 4 is 59.0 Å². The Morgan fingerprint density at radius 1 is 1.00 bits per heavy atom. The predicted molar refractivity (Wildman–Crippen MR) is 153 cm³/mol. The minimum Gasteiger partial charge on any atom is -0.480 e. The number of unbranched alkanes of at least 4 members (excludes halogenated alkanes) is 1. The second-order valence-electron chi connectivity index (χ2n) is 8.94. The fourth-order valence-corrected chi connectivity index (χ4v) is 4.53. The van der Waals surface area contributed by atoms with E-state index in [0.717, 1.165) is 16.5 Å². The van der Waals surface area contributed by atoms with Crippen LogP contribution in [0.5, 0.6) is 0 Å². The molecule has 11 nitrogen and oxygen atoms in total. The van der Waals surface area contributed by atoms with E-state index in [1.165, 1.54) is 11.8 Å². The van der Waals surface area contributed by atoms with Crippen molar-refractivity contribution < 1.29 is 24.3 Å². The molecule has 0 bridgehead atoms. The van der Waals surface area contributed by atoms with Gasteiger partial charge in [-0.05, 0) is 55.9 Å². The summed E-state index contributed by atoms with van der Waals surface area (Å²) in [7, 11) is 0. The van der Waals surface area contributed by atoms with Crippen molar-refractivity contribution in [2.75, 3.05) is 24.3 Å². The van der Waals surface area contributed by atoms with Gasteiger partial charge in [0.1, 0.15) is 18.1 Å². The lowest BCUT2D eigenvalue weighted by molar-refractivity contribution is -0.142. The number of nitrogens with one attached hydrogen (secondary N) is 4. The molecule has 210 valence electrons. The molecule has 4 atom stereocenters. The number of para-hydroxylation sites is 1. The number of thiol groups is 1. The minimum absolute atomic E-state index is 0.0873. The van der Waals surface area contributed by atoms with Gasteiger partial charge in [-0.2, -0.15) is 24.4 Å². The maximum atomic E-state index is 13.5. The molecule has 2 rings (SSSR count). The number of aliphatic carboxylic acids is 1. The van der Waals surface area contributed by atoms with E-state index in [1.807, 2.05) is 30.5 Å². The summed E-state index contributed by atoms with van der Waals surface area (Å²) in [6.07, 6.45) is 5.43. The normalized spacial score (nSPS) is 14.3. The second kappa shape index (κ2) is 16.3. The van der Waals surface area contributed by atoms with Crippen molar-refractivity contribution in [3.05, 3.63) is 36.0 Å². The minimum atomic E-state index is -1.15. The molecule has 0 aliphatic rings. The molecule has 1 aromatic heterocycles. The monoisotopic (exact) mass is 566 g/mol. The lowest BCUT2D eigenvalue weighted by Gasteiger charge is -2.25. The molecule has 1 aromatic carbocycles. The number of hydrogen-bond acceptors (Lipinski definition) is 8. The number of fused-ring (bicyclic) bond motifs is 1. The molecule has 0 aliphatic heterocycles. The maximum Gasteiger partial charge on any atom is 0.326 e. The first-order valence-electron chi connectivity index (χ1n) is 12.5. The lowest BCUT2D eigenvalue weighted by Crippen LogP contribution is -2.57. The molecule has 1 heterocycles. The fourth-order valence-electron chi connectivity index (χ4n) is 3.89. The summed E-state index contributed by atoms with van der Waals surface area (Å²) < 4.78 is 0. The zero-order valence-electron chi connectivity index (χ0n) is 21.4. The van der Waals surface area contributed by atoms with Crippen molar-refractivity contribution in [2.45, 2.75) is 56.3 Å². The number of carbonyl (C=O) groups is 4. The number of carbonyl (C=O) groups excluding carboxylic acids is 3. The zero-order valence-corrected chi connectivity index (χ0v) is 23.2. The van der Waals surface area contributed by atoms with Crippen LogP contribution in [0.2, 0.25) is 0 Å². The highest BCUT2D eigenvalue weighted by Gasteiger charge is 2.30. The highest BCUT2D eigenvalue weighted by Crippen LogP contribution is 2.19. The summed E-state index contributed by atoms with van der Waals surface area (Å²) in [5.74, 6) is -2.25. The smallest absolute Gasteiger partial charge is 0.326 e. The van der Waals surface area contributed by atoms with Crippen LogP contribution in [0.25, 0.3) is 10.9 Å². The van der Waals surface area contributed by atoms with Gasteiger partial charge in [-0.25, -0.2) is 4.79 Å². The van der Waals surface area contributed by atoms with Gasteiger partial charge < -0.3 is 37.5 Å². The van der Waals surface area contributed by atoms with Gasteiger partial charge in [-0.1, -0.05) is 18.2 Å². The van der Waals surface area contributed by atoms with E-state index >= 15 is 0 Å². The van der Waals surface area contributed by atoms with Gasteiger partial charge in [0, 0.05) is 29.3 Å². The summed E-state index contributed by atoms with van der Waals surface area (Å²) >= 11 is 5.53. The number of thioether (sulfide) groups is 1. The lowest BCUT2D eigenvalue weighted by atomic mass is 10.0. The second-order valence-corrected chi connectivity index (χ2v) is 10.3. The number of benzene rings is 1. The maximum absolute atomic E-state index is 13.5. The number of nitrogens with two attached hydrogens (primary N) is 2. The Labute approximate surface area is 232 Å². The molecule has 0 radical (unpaired) electrons. The molecule has 0 spiro atoms. The van der Waals surface area contributed by atoms with Gasteiger partial charge in [0.05, 0.1) is 6.04 Å². The van der Waals surface area contributed by atoms with Crippen molar-refractivity contribution in [3.63, 3.8) is 0 Å². The molecule has 0 aliphatic carbocycles. The Morgan fingerprint density at radius 2 is 1.66 bits per heavy atom. The van der Waals surface area contributed by atoms with Gasteiger partial charge >= 0.3 is 5.97 Å². The van der Waals surface area contributed by atoms with Gasteiger partial charge in [-0.15, -0.1) is 0 Å². The Kier molecular flexibility index (Phi) is 13.5. The van der Waals surface area contributed by atoms with Crippen LogP contribution in [-0.2, 0) is 25.6 Å². The van der Waals surface area contributed by atoms with Gasteiger partial charge in [0.25, 0.3) is 0 Å². The molecule has 4 unspecified atom stereocenters. The van der Waals surface area contributed by atoms with Crippen LogP contribution in [0.1, 0.15) is 31.2 Å². The Hall–Kier alpha value is -2.74. The highest BCUT2D eigenvalue weighted by molar-refractivity contribution is 7.98. The van der Waals surface area contributed by atoms with E-state index in [-0.39, 0.29) is 25.0 Å². The van der Waals surface area contributed by atoms with Crippen LogP contribution in [0.15, 0.2) is 30.5 Å². The number of carboxylic acid groups (broad SMARTS) is 1. The number of rotatable bonds is 17. The summed E-state index contributed by atoms with van der Waals surface area (Å²) in [5.41, 5.74) is 13.1. The first-order chi connectivity index (χ1) is 18.2. The fraction of sp³-hybridized carbons (Fsp3) is 0.520. The average molecular weight is 567 g/mol. The summed E-state index contributed by atoms with van der Waals surface area (Å²) in [6, 6.07) is 3.51. The third-order valence-electron chi connectivity index (χ3n) is 6.07. The molecule has 0 fully saturated rings. The number of hydrogen-bond donors (Lipinski definition) is 8. The van der Waals surface area contributed by atoms with E-state index in [9.17, 15) is 24.3 Å².